The molecule has 0 amide bonds. The number of aldehydes is 1. The van der Waals surface area contributed by atoms with Crippen molar-refractivity contribution in [1.29, 1.82) is 0 Å². The molecule has 1 heterocycles. The number of hydrogen-bond acceptors (Lipinski definition) is 3. The molecule has 0 radical (unpaired) electrons. The minimum atomic E-state index is 0.601. The summed E-state index contributed by atoms with van der Waals surface area (Å²) in [5, 5.41) is 0. The number of aryl methyl sites for hydroxylation is 1. The van der Waals surface area contributed by atoms with Crippen molar-refractivity contribution in [2.75, 3.05) is 0 Å². The van der Waals surface area contributed by atoms with E-state index in [2.05, 4.69) is 4.98 Å². The summed E-state index contributed by atoms with van der Waals surface area (Å²) >= 11 is 0. The maximum absolute atomic E-state index is 10.7. The Morgan fingerprint density at radius 1 is 1.31 bits per heavy atom. The highest BCUT2D eigenvalue weighted by Crippen LogP contribution is 2.24. The van der Waals surface area contributed by atoms with Gasteiger partial charge < -0.3 is 4.74 Å². The zero-order chi connectivity index (χ0) is 11.4. The summed E-state index contributed by atoms with van der Waals surface area (Å²) in [6.45, 7) is 1.93. The number of pyridine rings is 1. The van der Waals surface area contributed by atoms with Crippen LogP contribution in [0.5, 0.6) is 11.5 Å². The largest absolute Gasteiger partial charge is 0.455 e. The van der Waals surface area contributed by atoms with Crippen LogP contribution in [0.25, 0.3) is 0 Å². The molecule has 3 nitrogen and oxygen atoms in total. The third kappa shape index (κ3) is 2.25. The Bertz CT molecular complexity index is 495. The van der Waals surface area contributed by atoms with Gasteiger partial charge in [-0.15, -0.1) is 0 Å². The molecule has 0 bridgehead atoms. The van der Waals surface area contributed by atoms with Crippen LogP contribution < -0.4 is 4.74 Å². The highest BCUT2D eigenvalue weighted by atomic mass is 16.5. The number of hydrogen-bond donors (Lipinski definition) is 0. The number of ether oxygens (including phenoxy) is 1. The van der Waals surface area contributed by atoms with E-state index < -0.39 is 0 Å². The lowest BCUT2D eigenvalue weighted by atomic mass is 10.1. The van der Waals surface area contributed by atoms with E-state index in [0.717, 1.165) is 11.8 Å². The Hall–Kier alpha value is -2.16. The molecule has 0 aliphatic rings. The summed E-state index contributed by atoms with van der Waals surface area (Å²) in [6.07, 6.45) is 4.12. The first kappa shape index (κ1) is 10.4. The summed E-state index contributed by atoms with van der Waals surface area (Å²) in [7, 11) is 0. The van der Waals surface area contributed by atoms with Crippen LogP contribution in [0.15, 0.2) is 42.7 Å². The molecule has 0 saturated carbocycles. The van der Waals surface area contributed by atoms with Crippen LogP contribution in [0, 0.1) is 6.92 Å². The van der Waals surface area contributed by atoms with E-state index in [1.54, 1.807) is 30.6 Å². The SMILES string of the molecule is Cc1ccc(C=O)cc1Oc1cccnc1. The highest BCUT2D eigenvalue weighted by molar-refractivity contribution is 5.75. The third-order valence-corrected chi connectivity index (χ3v) is 2.21. The second-order valence-electron chi connectivity index (χ2n) is 3.43. The summed E-state index contributed by atoms with van der Waals surface area (Å²) in [6, 6.07) is 8.96. The van der Waals surface area contributed by atoms with Gasteiger partial charge in [-0.1, -0.05) is 12.1 Å². The predicted molar refractivity (Wildman–Crippen MR) is 60.9 cm³/mol. The van der Waals surface area contributed by atoms with E-state index in [9.17, 15) is 4.79 Å². The van der Waals surface area contributed by atoms with Crippen molar-refractivity contribution in [3.63, 3.8) is 0 Å². The molecule has 0 unspecified atom stereocenters. The van der Waals surface area contributed by atoms with Crippen molar-refractivity contribution in [1.82, 2.24) is 4.98 Å². The Labute approximate surface area is 93.7 Å². The van der Waals surface area contributed by atoms with Gasteiger partial charge in [0.25, 0.3) is 0 Å². The summed E-state index contributed by atoms with van der Waals surface area (Å²) in [4.78, 5) is 14.6. The standard InChI is InChI=1S/C13H11NO2/c1-10-4-5-11(9-15)7-13(10)16-12-3-2-6-14-8-12/h2-9H,1H3. The molecular weight excluding hydrogens is 202 g/mol. The van der Waals surface area contributed by atoms with E-state index in [0.29, 0.717) is 17.1 Å². The van der Waals surface area contributed by atoms with E-state index in [-0.39, 0.29) is 0 Å². The van der Waals surface area contributed by atoms with Crippen LogP contribution in [0.4, 0.5) is 0 Å². The maximum Gasteiger partial charge on any atom is 0.150 e. The first-order valence-corrected chi connectivity index (χ1v) is 4.93. The lowest BCUT2D eigenvalue weighted by molar-refractivity contribution is 0.112. The molecule has 2 aromatic rings. The topological polar surface area (TPSA) is 39.2 Å². The molecule has 1 aromatic heterocycles. The van der Waals surface area contributed by atoms with Crippen molar-refractivity contribution in [3.8, 4) is 11.5 Å². The molecule has 0 fully saturated rings. The number of carbonyl (C=O) groups excluding carboxylic acids is 1. The lowest BCUT2D eigenvalue weighted by Gasteiger charge is -2.08. The third-order valence-electron chi connectivity index (χ3n) is 2.21. The monoisotopic (exact) mass is 213 g/mol. The molecule has 1 aromatic carbocycles. The fourth-order valence-corrected chi connectivity index (χ4v) is 1.33. The van der Waals surface area contributed by atoms with Gasteiger partial charge in [-0.3, -0.25) is 9.78 Å². The van der Waals surface area contributed by atoms with Gasteiger partial charge >= 0.3 is 0 Å². The van der Waals surface area contributed by atoms with Crippen LogP contribution in [0.2, 0.25) is 0 Å². The molecule has 80 valence electrons. The zero-order valence-corrected chi connectivity index (χ0v) is 8.88. The van der Waals surface area contributed by atoms with Gasteiger partial charge in [0.15, 0.2) is 0 Å². The first-order valence-electron chi connectivity index (χ1n) is 4.93. The van der Waals surface area contributed by atoms with E-state index >= 15 is 0 Å². The van der Waals surface area contributed by atoms with Crippen molar-refractivity contribution in [2.24, 2.45) is 0 Å². The maximum atomic E-state index is 10.7. The van der Waals surface area contributed by atoms with Gasteiger partial charge in [0.2, 0.25) is 0 Å². The fourth-order valence-electron chi connectivity index (χ4n) is 1.33. The number of carbonyl (C=O) groups is 1. The van der Waals surface area contributed by atoms with Crippen LogP contribution in [-0.4, -0.2) is 11.3 Å². The Morgan fingerprint density at radius 2 is 2.19 bits per heavy atom. The van der Waals surface area contributed by atoms with Gasteiger partial charge in [-0.05, 0) is 30.7 Å². The average Bonchev–Trinajstić information content (AvgIpc) is 2.33. The smallest absolute Gasteiger partial charge is 0.150 e. The zero-order valence-electron chi connectivity index (χ0n) is 8.88. The van der Waals surface area contributed by atoms with Crippen LogP contribution in [-0.2, 0) is 0 Å². The molecule has 0 aliphatic carbocycles. The highest BCUT2D eigenvalue weighted by Gasteiger charge is 2.02. The average molecular weight is 213 g/mol. The normalized spacial score (nSPS) is 9.81. The van der Waals surface area contributed by atoms with Gasteiger partial charge in [-0.2, -0.15) is 0 Å². The first-order chi connectivity index (χ1) is 7.79. The van der Waals surface area contributed by atoms with E-state index in [1.807, 2.05) is 19.1 Å². The van der Waals surface area contributed by atoms with E-state index in [4.69, 9.17) is 4.74 Å². The molecule has 16 heavy (non-hydrogen) atoms. The minimum Gasteiger partial charge on any atom is -0.455 e. The van der Waals surface area contributed by atoms with Gasteiger partial charge in [0, 0.05) is 11.8 Å². The van der Waals surface area contributed by atoms with Crippen molar-refractivity contribution in [2.45, 2.75) is 6.92 Å². The molecular formula is C13H11NO2. The fraction of sp³-hybridized carbons (Fsp3) is 0.0769. The van der Waals surface area contributed by atoms with Gasteiger partial charge in [0.1, 0.15) is 17.8 Å². The molecule has 0 atom stereocenters. The van der Waals surface area contributed by atoms with Crippen LogP contribution in [0.3, 0.4) is 0 Å². The molecule has 2 rings (SSSR count). The Morgan fingerprint density at radius 3 is 2.88 bits per heavy atom. The minimum absolute atomic E-state index is 0.601. The summed E-state index contributed by atoms with van der Waals surface area (Å²) in [5.41, 5.74) is 1.58. The second kappa shape index (κ2) is 4.57. The van der Waals surface area contributed by atoms with Crippen LogP contribution in [0.1, 0.15) is 15.9 Å². The summed E-state index contributed by atoms with van der Waals surface area (Å²) in [5.74, 6) is 1.34. The summed E-state index contributed by atoms with van der Waals surface area (Å²) < 4.78 is 5.63. The van der Waals surface area contributed by atoms with Gasteiger partial charge in [-0.25, -0.2) is 0 Å². The van der Waals surface area contributed by atoms with Crippen molar-refractivity contribution in [3.05, 3.63) is 53.9 Å². The quantitative estimate of drug-likeness (QED) is 0.736. The molecule has 0 N–H and O–H groups in total. The van der Waals surface area contributed by atoms with Crippen molar-refractivity contribution >= 4 is 6.29 Å². The molecule has 0 saturated heterocycles. The Balaban J connectivity index is 2.30. The second-order valence-corrected chi connectivity index (χ2v) is 3.43. The number of nitrogens with zero attached hydrogens (tertiary/aromatic N) is 1. The van der Waals surface area contributed by atoms with Gasteiger partial charge in [0.05, 0.1) is 6.20 Å². The number of benzene rings is 1. The molecule has 3 heteroatoms. The number of rotatable bonds is 3. The molecule has 0 aliphatic heterocycles. The van der Waals surface area contributed by atoms with Crippen LogP contribution >= 0.6 is 0 Å². The van der Waals surface area contributed by atoms with Crippen molar-refractivity contribution < 1.29 is 9.53 Å². The lowest BCUT2D eigenvalue weighted by Crippen LogP contribution is -1.90. The molecule has 0 spiro atoms. The number of aromatic nitrogens is 1. The Kier molecular flexibility index (Phi) is 2.96. The van der Waals surface area contributed by atoms with E-state index in [1.165, 1.54) is 0 Å². The predicted octanol–water partition coefficient (Wildman–Crippen LogP) is 2.99.